The van der Waals surface area contributed by atoms with Crippen molar-refractivity contribution in [1.29, 1.82) is 0 Å². The van der Waals surface area contributed by atoms with Gasteiger partial charge in [-0.1, -0.05) is 18.7 Å². The lowest BCUT2D eigenvalue weighted by atomic mass is 10.1. The number of halogens is 3. The number of hydrogen-bond acceptors (Lipinski definition) is 2. The summed E-state index contributed by atoms with van der Waals surface area (Å²) in [5, 5.41) is 2.72. The highest BCUT2D eigenvalue weighted by atomic mass is 19.4. The summed E-state index contributed by atoms with van der Waals surface area (Å²) in [5.74, 6) is -0.264. The number of carbonyl (C=O) groups is 1. The molecule has 0 fully saturated rings. The second kappa shape index (κ2) is 6.63. The third-order valence-electron chi connectivity index (χ3n) is 4.18. The van der Waals surface area contributed by atoms with Crippen LogP contribution in [0, 0.1) is 0 Å². The molecule has 0 spiro atoms. The minimum Gasteiger partial charge on any atom is -0.367 e. The topological polar surface area (TPSA) is 32.3 Å². The molecular weight excluding hydrogens is 329 g/mol. The fraction of sp³-hybridized carbons (Fsp3) is 0.211. The molecule has 2 aromatic carbocycles. The van der Waals surface area contributed by atoms with Gasteiger partial charge in [0.25, 0.3) is 0 Å². The zero-order valence-corrected chi connectivity index (χ0v) is 13.4. The number of anilines is 2. The molecule has 1 N–H and O–H groups in total. The Morgan fingerprint density at radius 3 is 2.56 bits per heavy atom. The maximum Gasteiger partial charge on any atom is 0.416 e. The van der Waals surface area contributed by atoms with Gasteiger partial charge in [-0.3, -0.25) is 4.79 Å². The van der Waals surface area contributed by atoms with Gasteiger partial charge in [-0.05, 0) is 54.0 Å². The fourth-order valence-electron chi connectivity index (χ4n) is 2.92. The molecule has 0 atom stereocenters. The minimum atomic E-state index is -4.31. The van der Waals surface area contributed by atoms with E-state index in [-0.39, 0.29) is 5.91 Å². The first kappa shape index (κ1) is 17.1. The molecule has 1 aliphatic rings. The molecular formula is C19H17F3N2O. The van der Waals surface area contributed by atoms with E-state index in [1.165, 1.54) is 18.2 Å². The smallest absolute Gasteiger partial charge is 0.367 e. The molecule has 0 radical (unpaired) electrons. The van der Waals surface area contributed by atoms with E-state index in [4.69, 9.17) is 0 Å². The molecule has 6 heteroatoms. The number of carbonyl (C=O) groups excluding carboxylic acids is 1. The van der Waals surface area contributed by atoms with Crippen LogP contribution in [0.3, 0.4) is 0 Å². The molecule has 3 rings (SSSR count). The van der Waals surface area contributed by atoms with Crippen LogP contribution in [0.1, 0.15) is 16.7 Å². The summed E-state index contributed by atoms with van der Waals surface area (Å²) < 4.78 is 37.9. The summed E-state index contributed by atoms with van der Waals surface area (Å²) in [6.07, 6.45) is -2.27. The predicted octanol–water partition coefficient (Wildman–Crippen LogP) is 4.39. The van der Waals surface area contributed by atoms with E-state index in [1.807, 2.05) is 18.2 Å². The molecule has 3 nitrogen and oxygen atoms in total. The number of alkyl halides is 3. The largest absolute Gasteiger partial charge is 0.416 e. The summed E-state index contributed by atoms with van der Waals surface area (Å²) in [6, 6.07) is 10.9. The van der Waals surface area contributed by atoms with Gasteiger partial charge in [0.1, 0.15) is 0 Å². The standard InChI is InChI=1S/C19H17F3N2O/c1-2-18(25)23-16-7-8-17-14(11-16)9-10-24(17)12-13-3-5-15(6-4-13)19(20,21)22/h2-8,11H,1,9-10,12H2,(H,23,25). The second-order valence-corrected chi connectivity index (χ2v) is 5.90. The lowest BCUT2D eigenvalue weighted by molar-refractivity contribution is -0.137. The summed E-state index contributed by atoms with van der Waals surface area (Å²) in [7, 11) is 0. The Kier molecular flexibility index (Phi) is 4.53. The van der Waals surface area contributed by atoms with Crippen molar-refractivity contribution in [2.24, 2.45) is 0 Å². The number of rotatable bonds is 4. The Hall–Kier alpha value is -2.76. The Bertz CT molecular complexity index is 797. The number of hydrogen-bond donors (Lipinski definition) is 1. The van der Waals surface area contributed by atoms with E-state index in [0.717, 1.165) is 41.9 Å². The lowest BCUT2D eigenvalue weighted by Crippen LogP contribution is -2.19. The van der Waals surface area contributed by atoms with E-state index < -0.39 is 11.7 Å². The molecule has 0 saturated carbocycles. The van der Waals surface area contributed by atoms with Crippen LogP contribution in [0.4, 0.5) is 24.5 Å². The fourth-order valence-corrected chi connectivity index (χ4v) is 2.92. The van der Waals surface area contributed by atoms with Crippen molar-refractivity contribution < 1.29 is 18.0 Å². The average Bonchev–Trinajstić information content (AvgIpc) is 2.96. The van der Waals surface area contributed by atoms with E-state index in [2.05, 4.69) is 16.8 Å². The molecule has 130 valence electrons. The first-order valence-corrected chi connectivity index (χ1v) is 7.84. The van der Waals surface area contributed by atoms with Crippen LogP contribution in [0.25, 0.3) is 0 Å². The predicted molar refractivity (Wildman–Crippen MR) is 91.5 cm³/mol. The van der Waals surface area contributed by atoms with Gasteiger partial charge in [-0.25, -0.2) is 0 Å². The van der Waals surface area contributed by atoms with Crippen molar-refractivity contribution in [3.8, 4) is 0 Å². The molecule has 0 saturated heterocycles. The van der Waals surface area contributed by atoms with Crippen molar-refractivity contribution in [3.63, 3.8) is 0 Å². The molecule has 0 bridgehead atoms. The number of fused-ring (bicyclic) bond motifs is 1. The Morgan fingerprint density at radius 1 is 1.20 bits per heavy atom. The van der Waals surface area contributed by atoms with Crippen LogP contribution in [-0.2, 0) is 23.9 Å². The quantitative estimate of drug-likeness (QED) is 0.833. The van der Waals surface area contributed by atoms with E-state index in [1.54, 1.807) is 0 Å². The Balaban J connectivity index is 1.72. The van der Waals surface area contributed by atoms with Gasteiger partial charge in [0.15, 0.2) is 0 Å². The first-order chi connectivity index (χ1) is 11.9. The van der Waals surface area contributed by atoms with Crippen LogP contribution >= 0.6 is 0 Å². The first-order valence-electron chi connectivity index (χ1n) is 7.84. The molecule has 0 aromatic heterocycles. The van der Waals surface area contributed by atoms with Gasteiger partial charge in [-0.15, -0.1) is 0 Å². The lowest BCUT2D eigenvalue weighted by Gasteiger charge is -2.20. The van der Waals surface area contributed by atoms with Gasteiger partial charge in [0.2, 0.25) is 5.91 Å². The van der Waals surface area contributed by atoms with E-state index in [9.17, 15) is 18.0 Å². The summed E-state index contributed by atoms with van der Waals surface area (Å²) >= 11 is 0. The minimum absolute atomic E-state index is 0.264. The zero-order chi connectivity index (χ0) is 18.0. The second-order valence-electron chi connectivity index (χ2n) is 5.90. The van der Waals surface area contributed by atoms with Crippen LogP contribution in [0.5, 0.6) is 0 Å². The maximum absolute atomic E-state index is 12.6. The van der Waals surface area contributed by atoms with Crippen molar-refractivity contribution in [1.82, 2.24) is 0 Å². The van der Waals surface area contributed by atoms with Gasteiger partial charge in [-0.2, -0.15) is 13.2 Å². The molecule has 0 aliphatic carbocycles. The van der Waals surface area contributed by atoms with Gasteiger partial charge < -0.3 is 10.2 Å². The van der Waals surface area contributed by atoms with Crippen molar-refractivity contribution >= 4 is 17.3 Å². The molecule has 0 unspecified atom stereocenters. The summed E-state index contributed by atoms with van der Waals surface area (Å²) in [5.41, 5.74) is 3.04. The average molecular weight is 346 g/mol. The van der Waals surface area contributed by atoms with E-state index >= 15 is 0 Å². The van der Waals surface area contributed by atoms with Gasteiger partial charge in [0.05, 0.1) is 5.56 Å². The van der Waals surface area contributed by atoms with Crippen LogP contribution < -0.4 is 10.2 Å². The number of nitrogens with zero attached hydrogens (tertiary/aromatic N) is 1. The molecule has 1 heterocycles. The van der Waals surface area contributed by atoms with Crippen molar-refractivity contribution in [2.45, 2.75) is 19.1 Å². The van der Waals surface area contributed by atoms with Crippen LogP contribution in [-0.4, -0.2) is 12.5 Å². The highest BCUT2D eigenvalue weighted by Gasteiger charge is 2.30. The number of nitrogens with one attached hydrogen (secondary N) is 1. The molecule has 1 aliphatic heterocycles. The van der Waals surface area contributed by atoms with E-state index in [0.29, 0.717) is 12.2 Å². The van der Waals surface area contributed by atoms with Crippen LogP contribution in [0.2, 0.25) is 0 Å². The Morgan fingerprint density at radius 2 is 1.92 bits per heavy atom. The SMILES string of the molecule is C=CC(=O)Nc1ccc2c(c1)CCN2Cc1ccc(C(F)(F)F)cc1. The number of benzene rings is 2. The van der Waals surface area contributed by atoms with Gasteiger partial charge >= 0.3 is 6.18 Å². The monoisotopic (exact) mass is 346 g/mol. The zero-order valence-electron chi connectivity index (χ0n) is 13.4. The highest BCUT2D eigenvalue weighted by Crippen LogP contribution is 2.33. The molecule has 25 heavy (non-hydrogen) atoms. The third kappa shape index (κ3) is 3.84. The maximum atomic E-state index is 12.6. The van der Waals surface area contributed by atoms with Crippen LogP contribution in [0.15, 0.2) is 55.1 Å². The molecule has 1 amide bonds. The molecule has 2 aromatic rings. The Labute approximate surface area is 143 Å². The third-order valence-corrected chi connectivity index (χ3v) is 4.18. The van der Waals surface area contributed by atoms with Gasteiger partial charge in [0, 0.05) is 24.5 Å². The summed E-state index contributed by atoms with van der Waals surface area (Å²) in [6.45, 7) is 4.75. The van der Waals surface area contributed by atoms with Crippen molar-refractivity contribution in [2.75, 3.05) is 16.8 Å². The normalized spacial score (nSPS) is 13.5. The number of amides is 1. The summed E-state index contributed by atoms with van der Waals surface area (Å²) in [4.78, 5) is 13.5. The highest BCUT2D eigenvalue weighted by molar-refractivity contribution is 5.99. The van der Waals surface area contributed by atoms with Crippen molar-refractivity contribution in [3.05, 3.63) is 71.8 Å².